The summed E-state index contributed by atoms with van der Waals surface area (Å²) in [4.78, 5) is 39.4. The highest BCUT2D eigenvalue weighted by molar-refractivity contribution is 6.87. The number of carbonyl (C=O) groups is 3. The Morgan fingerprint density at radius 2 is 1.52 bits per heavy atom. The van der Waals surface area contributed by atoms with Gasteiger partial charge in [-0.15, -0.1) is 5.54 Å². The number of allylic oxidation sites excluding steroid dienone is 1. The summed E-state index contributed by atoms with van der Waals surface area (Å²) >= 11 is 0. The molecule has 0 aromatic rings. The van der Waals surface area contributed by atoms with Gasteiger partial charge in [-0.05, 0) is 76.8 Å². The molecule has 2 aliphatic rings. The van der Waals surface area contributed by atoms with Crippen LogP contribution in [-0.2, 0) is 33.0 Å². The standard InChI is InChI=1S/C42H74O7Si3/c1-17-52(18-2,19-3)23-22-41(8,9)21-20-33-24-32(30-50(12,13)14)25-34(47-33)27-37(44)42(10,11)38(46-31(4)43)28-35-26-36(29-39(45)48-35)49-51(15,16)40(5,6)7/h20-21,30,33-36,38H,17-19,24-29H2,1-16H3/b21-20+,32-30+/t33-,34-,35+,36+,38-/m0/s1. The maximum absolute atomic E-state index is 14.3. The van der Waals surface area contributed by atoms with Gasteiger partial charge in [0.1, 0.15) is 26.1 Å². The number of hydrogen-bond donors (Lipinski definition) is 0. The molecule has 0 unspecified atom stereocenters. The average molecular weight is 775 g/mol. The molecule has 2 fully saturated rings. The minimum atomic E-state index is -2.13. The Bertz CT molecular complexity index is 1360. The molecule has 2 heterocycles. The summed E-state index contributed by atoms with van der Waals surface area (Å²) in [6.45, 7) is 34.1. The van der Waals surface area contributed by atoms with E-state index in [0.29, 0.717) is 12.8 Å². The molecule has 2 saturated heterocycles. The highest BCUT2D eigenvalue weighted by atomic mass is 28.4. The van der Waals surface area contributed by atoms with E-state index in [1.165, 1.54) is 30.6 Å². The first kappa shape index (κ1) is 46.4. The first-order valence-electron chi connectivity index (χ1n) is 19.8. The number of esters is 2. The smallest absolute Gasteiger partial charge is 0.308 e. The molecule has 2 rings (SSSR count). The van der Waals surface area contributed by atoms with Gasteiger partial charge in [-0.25, -0.2) is 0 Å². The van der Waals surface area contributed by atoms with Crippen LogP contribution in [0, 0.1) is 22.3 Å². The number of Topliss-reactive ketones (excluding diaryl/α,β-unsaturated/α-hetero) is 1. The highest BCUT2D eigenvalue weighted by Gasteiger charge is 2.45. The summed E-state index contributed by atoms with van der Waals surface area (Å²) in [6.07, 6.45) is 4.94. The van der Waals surface area contributed by atoms with Crippen LogP contribution in [0.2, 0.25) is 55.9 Å². The Labute approximate surface area is 321 Å². The summed E-state index contributed by atoms with van der Waals surface area (Å²) in [5.41, 5.74) is 6.22. The van der Waals surface area contributed by atoms with E-state index >= 15 is 0 Å². The van der Waals surface area contributed by atoms with Crippen molar-refractivity contribution in [3.63, 3.8) is 0 Å². The van der Waals surface area contributed by atoms with E-state index in [4.69, 9.17) is 18.6 Å². The van der Waals surface area contributed by atoms with Crippen LogP contribution in [0.15, 0.2) is 23.4 Å². The first-order chi connectivity index (χ1) is 23.7. The molecule has 0 amide bonds. The monoisotopic (exact) mass is 774 g/mol. The van der Waals surface area contributed by atoms with E-state index in [0.717, 1.165) is 6.42 Å². The van der Waals surface area contributed by atoms with Crippen molar-refractivity contribution in [1.29, 1.82) is 0 Å². The van der Waals surface area contributed by atoms with Gasteiger partial charge >= 0.3 is 11.9 Å². The molecular weight excluding hydrogens is 701 g/mol. The van der Waals surface area contributed by atoms with Crippen molar-refractivity contribution >= 4 is 42.2 Å². The van der Waals surface area contributed by atoms with Gasteiger partial charge in [0.2, 0.25) is 0 Å². The van der Waals surface area contributed by atoms with Crippen molar-refractivity contribution in [2.45, 2.75) is 201 Å². The Hall–Kier alpha value is -1.78. The van der Waals surface area contributed by atoms with E-state index in [9.17, 15) is 14.4 Å². The molecule has 0 spiro atoms. The molecule has 0 aromatic heterocycles. The lowest BCUT2D eigenvalue weighted by molar-refractivity contribution is -0.169. The summed E-state index contributed by atoms with van der Waals surface area (Å²) < 4.78 is 24.9. The predicted molar refractivity (Wildman–Crippen MR) is 222 cm³/mol. The Morgan fingerprint density at radius 1 is 0.923 bits per heavy atom. The van der Waals surface area contributed by atoms with Gasteiger partial charge in [-0.2, -0.15) is 0 Å². The summed E-state index contributed by atoms with van der Waals surface area (Å²) in [5, 5.41) is -0.00462. The predicted octanol–water partition coefficient (Wildman–Crippen LogP) is 10.4. The third-order valence-corrected chi connectivity index (χ3v) is 22.1. The highest BCUT2D eigenvalue weighted by Crippen LogP contribution is 2.40. The number of ketones is 1. The average Bonchev–Trinajstić information content (AvgIpc) is 2.98. The zero-order chi connectivity index (χ0) is 39.9. The normalized spacial score (nSPS) is 23.9. The van der Waals surface area contributed by atoms with Crippen LogP contribution in [0.25, 0.3) is 0 Å². The van der Waals surface area contributed by atoms with Crippen molar-refractivity contribution in [3.05, 3.63) is 23.4 Å². The fourth-order valence-corrected chi connectivity index (χ4v) is 12.3. The quantitative estimate of drug-likeness (QED) is 0.0708. The lowest BCUT2D eigenvalue weighted by Crippen LogP contribution is -2.49. The first-order valence-corrected chi connectivity index (χ1v) is 28.9. The van der Waals surface area contributed by atoms with Crippen molar-refractivity contribution < 1.29 is 33.0 Å². The zero-order valence-electron chi connectivity index (χ0n) is 35.8. The molecule has 5 atom stereocenters. The molecule has 0 saturated carbocycles. The summed E-state index contributed by atoms with van der Waals surface area (Å²) in [5.74, 6) is 2.79. The van der Waals surface area contributed by atoms with Crippen LogP contribution in [0.5, 0.6) is 0 Å². The van der Waals surface area contributed by atoms with E-state index in [1.807, 2.05) is 13.8 Å². The summed E-state index contributed by atoms with van der Waals surface area (Å²) in [7, 11) is -5.23. The Kier molecular flexibility index (Phi) is 16.3. The van der Waals surface area contributed by atoms with Crippen LogP contribution in [0.1, 0.15) is 115 Å². The van der Waals surface area contributed by atoms with Crippen molar-refractivity contribution in [1.82, 2.24) is 0 Å². The topological polar surface area (TPSA) is 88.1 Å². The number of carbonyl (C=O) groups excluding carboxylic acids is 3. The summed E-state index contributed by atoms with van der Waals surface area (Å²) in [6, 6.07) is 3.52. The van der Waals surface area contributed by atoms with Gasteiger partial charge in [0, 0.05) is 31.6 Å². The minimum absolute atomic E-state index is 0.00462. The van der Waals surface area contributed by atoms with Gasteiger partial charge in [0.25, 0.3) is 0 Å². The lowest BCUT2D eigenvalue weighted by Gasteiger charge is -2.42. The van der Waals surface area contributed by atoms with Crippen molar-refractivity contribution in [2.75, 3.05) is 0 Å². The van der Waals surface area contributed by atoms with Crippen LogP contribution in [0.3, 0.4) is 0 Å². The van der Waals surface area contributed by atoms with Crippen LogP contribution in [-0.4, -0.2) is 72.7 Å². The van der Waals surface area contributed by atoms with Crippen LogP contribution < -0.4 is 0 Å². The molecule has 2 aliphatic heterocycles. The zero-order valence-corrected chi connectivity index (χ0v) is 38.8. The SMILES string of the molecule is CC[Si](C#CC(C)(C)/C=C/[C@H]1C/C(=C\[Si](C)(C)C)C[C@@H](CC(=O)C(C)(C)[C@H](C[C@H]2C[C@@H](O[Si](C)(C)C(C)(C)C)CC(=O)O2)OC(C)=O)O1)(CC)CC. The fraction of sp³-hybridized carbons (Fsp3) is 0.786. The largest absolute Gasteiger partial charge is 0.462 e. The Balaban J connectivity index is 2.31. The molecule has 296 valence electrons. The molecule has 10 heteroatoms. The van der Waals surface area contributed by atoms with Gasteiger partial charge in [-0.3, -0.25) is 14.4 Å². The third kappa shape index (κ3) is 14.1. The van der Waals surface area contributed by atoms with Crippen LogP contribution in [0.4, 0.5) is 0 Å². The lowest BCUT2D eigenvalue weighted by atomic mass is 9.76. The number of rotatable bonds is 15. The van der Waals surface area contributed by atoms with Gasteiger partial charge in [0.15, 0.2) is 8.32 Å². The van der Waals surface area contributed by atoms with E-state index in [2.05, 4.69) is 117 Å². The van der Waals surface area contributed by atoms with E-state index < -0.39 is 48.1 Å². The fourth-order valence-electron chi connectivity index (χ4n) is 6.89. The molecule has 52 heavy (non-hydrogen) atoms. The van der Waals surface area contributed by atoms with E-state index in [1.54, 1.807) is 0 Å². The molecule has 0 N–H and O–H groups in total. The second-order valence-electron chi connectivity index (χ2n) is 19.3. The van der Waals surface area contributed by atoms with Crippen molar-refractivity contribution in [3.8, 4) is 11.5 Å². The van der Waals surface area contributed by atoms with Crippen molar-refractivity contribution in [2.24, 2.45) is 10.8 Å². The van der Waals surface area contributed by atoms with Crippen LogP contribution >= 0.6 is 0 Å². The third-order valence-electron chi connectivity index (χ3n) is 11.6. The number of hydrogen-bond acceptors (Lipinski definition) is 7. The molecular formula is C42H74O7Si3. The molecule has 0 bridgehead atoms. The Morgan fingerprint density at radius 3 is 2.04 bits per heavy atom. The molecule has 7 nitrogen and oxygen atoms in total. The molecule has 0 aromatic carbocycles. The van der Waals surface area contributed by atoms with Gasteiger partial charge in [0.05, 0.1) is 38.2 Å². The molecule has 0 radical (unpaired) electrons. The van der Waals surface area contributed by atoms with E-state index in [-0.39, 0.29) is 59.8 Å². The van der Waals surface area contributed by atoms with Gasteiger partial charge in [-0.1, -0.05) is 90.5 Å². The number of ether oxygens (including phenoxy) is 3. The second kappa shape index (κ2) is 18.2. The maximum atomic E-state index is 14.3. The molecule has 0 aliphatic carbocycles. The number of cyclic esters (lactones) is 1. The minimum Gasteiger partial charge on any atom is -0.462 e. The maximum Gasteiger partial charge on any atom is 0.308 e. The van der Waals surface area contributed by atoms with Gasteiger partial charge < -0.3 is 18.6 Å². The second-order valence-corrected chi connectivity index (χ2v) is 34.0.